The lowest BCUT2D eigenvalue weighted by atomic mass is 9.79. The molecule has 0 spiro atoms. The fourth-order valence-electron chi connectivity index (χ4n) is 5.33. The Morgan fingerprint density at radius 2 is 2.03 bits per heavy atom. The highest BCUT2D eigenvalue weighted by Crippen LogP contribution is 2.45. The number of hydrogen-bond donors (Lipinski definition) is 1. The Morgan fingerprint density at radius 3 is 2.83 bits per heavy atom. The van der Waals surface area contributed by atoms with Crippen LogP contribution in [0.4, 0.5) is 4.39 Å². The van der Waals surface area contributed by atoms with E-state index in [9.17, 15) is 19.1 Å². The van der Waals surface area contributed by atoms with Crippen LogP contribution in [0.3, 0.4) is 0 Å². The average molecular weight is 406 g/mol. The highest BCUT2D eigenvalue weighted by Gasteiger charge is 2.36. The minimum atomic E-state index is -1.49. The van der Waals surface area contributed by atoms with E-state index >= 15 is 0 Å². The van der Waals surface area contributed by atoms with Crippen molar-refractivity contribution in [3.05, 3.63) is 61.7 Å². The number of halogens is 1. The predicted molar refractivity (Wildman–Crippen MR) is 107 cm³/mol. The summed E-state index contributed by atoms with van der Waals surface area (Å²) in [5, 5.41) is 11.3. The van der Waals surface area contributed by atoms with Crippen LogP contribution in [0.2, 0.25) is 0 Å². The van der Waals surface area contributed by atoms with Gasteiger partial charge in [0.25, 0.3) is 5.56 Å². The maximum atomic E-state index is 14.6. The molecule has 6 nitrogen and oxygen atoms in total. The Balaban J connectivity index is 1.70. The number of esters is 1. The molecule has 0 amide bonds. The van der Waals surface area contributed by atoms with Gasteiger partial charge in [0.1, 0.15) is 12.4 Å². The van der Waals surface area contributed by atoms with E-state index in [0.29, 0.717) is 34.6 Å². The Morgan fingerprint density at radius 1 is 1.23 bits per heavy atom. The number of pyridine rings is 2. The number of ether oxygens (including phenoxy) is 1. The second kappa shape index (κ2) is 5.76. The monoisotopic (exact) mass is 406 g/mol. The molecule has 30 heavy (non-hydrogen) atoms. The van der Waals surface area contributed by atoms with Crippen molar-refractivity contribution < 1.29 is 19.0 Å². The zero-order chi connectivity index (χ0) is 20.9. The third-order valence-corrected chi connectivity index (χ3v) is 6.94. The molecule has 0 radical (unpaired) electrons. The summed E-state index contributed by atoms with van der Waals surface area (Å²) in [6.45, 7) is 4.19. The summed E-state index contributed by atoms with van der Waals surface area (Å²) in [6, 6.07) is 3.14. The van der Waals surface area contributed by atoms with E-state index in [4.69, 9.17) is 9.72 Å². The molecule has 4 heterocycles. The van der Waals surface area contributed by atoms with Crippen LogP contribution in [-0.2, 0) is 29.1 Å². The summed E-state index contributed by atoms with van der Waals surface area (Å²) >= 11 is 0. The molecule has 2 aliphatic heterocycles. The van der Waals surface area contributed by atoms with E-state index in [1.54, 1.807) is 10.6 Å². The quantitative estimate of drug-likeness (QED) is 0.454. The zero-order valence-corrected chi connectivity index (χ0v) is 16.6. The van der Waals surface area contributed by atoms with Crippen molar-refractivity contribution in [1.29, 1.82) is 0 Å². The van der Waals surface area contributed by atoms with E-state index in [-0.39, 0.29) is 29.5 Å². The lowest BCUT2D eigenvalue weighted by Crippen LogP contribution is -2.32. The van der Waals surface area contributed by atoms with Gasteiger partial charge in [-0.25, -0.2) is 14.2 Å². The van der Waals surface area contributed by atoms with Gasteiger partial charge in [0.2, 0.25) is 0 Å². The first kappa shape index (κ1) is 17.8. The largest absolute Gasteiger partial charge is 0.458 e. The molecule has 2 aromatic heterocycles. The first-order valence-electron chi connectivity index (χ1n) is 10.1. The van der Waals surface area contributed by atoms with Gasteiger partial charge in [0.15, 0.2) is 6.10 Å². The van der Waals surface area contributed by atoms with Gasteiger partial charge in [-0.05, 0) is 48.4 Å². The number of cyclic esters (lactones) is 1. The van der Waals surface area contributed by atoms with Crippen LogP contribution in [0.25, 0.3) is 22.3 Å². The molecule has 152 valence electrons. The summed E-state index contributed by atoms with van der Waals surface area (Å²) < 4.78 is 21.2. The van der Waals surface area contributed by atoms with Gasteiger partial charge in [-0.1, -0.05) is 6.92 Å². The van der Waals surface area contributed by atoms with E-state index in [1.165, 1.54) is 6.07 Å². The molecule has 0 fully saturated rings. The summed E-state index contributed by atoms with van der Waals surface area (Å²) in [6.07, 6.45) is 0.230. The number of aryl methyl sites for hydroxylation is 1. The molecule has 1 aliphatic carbocycles. The third-order valence-electron chi connectivity index (χ3n) is 6.94. The van der Waals surface area contributed by atoms with Crippen LogP contribution >= 0.6 is 0 Å². The fourth-order valence-corrected chi connectivity index (χ4v) is 5.33. The maximum absolute atomic E-state index is 14.6. The van der Waals surface area contributed by atoms with E-state index in [0.717, 1.165) is 34.9 Å². The number of carbonyl (C=O) groups excluding carboxylic acids is 1. The van der Waals surface area contributed by atoms with Crippen molar-refractivity contribution in [2.75, 3.05) is 0 Å². The van der Waals surface area contributed by atoms with Crippen molar-refractivity contribution in [3.8, 4) is 11.4 Å². The molecule has 0 bridgehead atoms. The molecule has 2 atom stereocenters. The van der Waals surface area contributed by atoms with E-state index in [1.807, 2.05) is 6.92 Å². The SMILES string of the molecule is Cc1c(F)cc2nc3c(c4c2c1CC[C@H]4C)Cn1c-3cc2c(c1=O)COC(=O)[C@H]2O. The molecule has 3 aliphatic rings. The number of aliphatic hydroxyl groups is 1. The molecule has 3 aromatic rings. The molecule has 0 unspecified atom stereocenters. The van der Waals surface area contributed by atoms with Gasteiger partial charge in [0.05, 0.1) is 29.0 Å². The van der Waals surface area contributed by atoms with Gasteiger partial charge in [-0.2, -0.15) is 0 Å². The predicted octanol–water partition coefficient (Wildman–Crippen LogP) is 3.01. The van der Waals surface area contributed by atoms with Crippen molar-refractivity contribution >= 4 is 16.9 Å². The van der Waals surface area contributed by atoms with Gasteiger partial charge >= 0.3 is 5.97 Å². The number of hydrogen-bond acceptors (Lipinski definition) is 5. The number of nitrogens with zero attached hydrogens (tertiary/aromatic N) is 2. The molecule has 7 heteroatoms. The first-order valence-corrected chi connectivity index (χ1v) is 10.1. The second-order valence-corrected chi connectivity index (χ2v) is 8.51. The minimum Gasteiger partial charge on any atom is -0.458 e. The molecule has 1 N–H and O–H groups in total. The lowest BCUT2D eigenvalue weighted by Gasteiger charge is -2.26. The Hall–Kier alpha value is -3.06. The van der Waals surface area contributed by atoms with Crippen LogP contribution in [-0.4, -0.2) is 20.6 Å². The van der Waals surface area contributed by atoms with Gasteiger partial charge in [-0.3, -0.25) is 4.79 Å². The summed E-state index contributed by atoms with van der Waals surface area (Å²) in [4.78, 5) is 29.7. The van der Waals surface area contributed by atoms with Gasteiger partial charge < -0.3 is 14.4 Å². The van der Waals surface area contributed by atoms with Crippen molar-refractivity contribution in [2.45, 2.75) is 51.9 Å². The highest BCUT2D eigenvalue weighted by atomic mass is 19.1. The molecule has 0 saturated heterocycles. The fraction of sp³-hybridized carbons (Fsp3) is 0.348. The maximum Gasteiger partial charge on any atom is 0.340 e. The molecular weight excluding hydrogens is 387 g/mol. The standard InChI is InChI=1S/C23H19FN2O4/c1-9-3-4-11-10(2)15(24)6-16-19(11)18(9)13-7-26-17(20(13)25-16)5-12-14(22(26)28)8-30-23(29)21(12)27/h5-6,9,21,27H,3-4,7-8H2,1-2H3/t9-,21+/m1/s1. The van der Waals surface area contributed by atoms with Crippen LogP contribution in [0.5, 0.6) is 0 Å². The number of aromatic nitrogens is 2. The molecule has 6 rings (SSSR count). The molecule has 1 aromatic carbocycles. The summed E-state index contributed by atoms with van der Waals surface area (Å²) in [5.74, 6) is -0.774. The molecule has 0 saturated carbocycles. The van der Waals surface area contributed by atoms with E-state index < -0.39 is 12.1 Å². The van der Waals surface area contributed by atoms with E-state index in [2.05, 4.69) is 6.92 Å². The smallest absolute Gasteiger partial charge is 0.340 e. The Bertz CT molecular complexity index is 1370. The summed E-state index contributed by atoms with van der Waals surface area (Å²) in [7, 11) is 0. The lowest BCUT2D eigenvalue weighted by molar-refractivity contribution is -0.157. The molecular formula is C23H19FN2O4. The van der Waals surface area contributed by atoms with Crippen LogP contribution in [0.15, 0.2) is 16.9 Å². The summed E-state index contributed by atoms with van der Waals surface area (Å²) in [5.41, 5.74) is 5.84. The number of benzene rings is 1. The number of rotatable bonds is 0. The van der Waals surface area contributed by atoms with Gasteiger partial charge in [0, 0.05) is 22.6 Å². The van der Waals surface area contributed by atoms with Gasteiger partial charge in [-0.15, -0.1) is 0 Å². The van der Waals surface area contributed by atoms with Crippen LogP contribution in [0, 0.1) is 12.7 Å². The zero-order valence-electron chi connectivity index (χ0n) is 16.6. The normalized spacial score (nSPS) is 21.3. The number of carbonyl (C=O) groups is 1. The van der Waals surface area contributed by atoms with Crippen LogP contribution < -0.4 is 5.56 Å². The average Bonchev–Trinajstić information content (AvgIpc) is 3.09. The number of fused-ring (bicyclic) bond motifs is 5. The highest BCUT2D eigenvalue weighted by molar-refractivity contribution is 5.93. The third kappa shape index (κ3) is 2.08. The second-order valence-electron chi connectivity index (χ2n) is 8.51. The minimum absolute atomic E-state index is 0.145. The Kier molecular flexibility index (Phi) is 3.41. The first-order chi connectivity index (χ1) is 14.4. The van der Waals surface area contributed by atoms with Crippen molar-refractivity contribution in [2.24, 2.45) is 0 Å². The van der Waals surface area contributed by atoms with Crippen molar-refractivity contribution in [3.63, 3.8) is 0 Å². The Labute approximate surface area is 170 Å². The number of aliphatic hydroxyl groups excluding tert-OH is 1. The van der Waals surface area contributed by atoms with Crippen molar-refractivity contribution in [1.82, 2.24) is 9.55 Å². The van der Waals surface area contributed by atoms with Crippen LogP contribution in [0.1, 0.15) is 58.7 Å². The topological polar surface area (TPSA) is 81.4 Å².